The molecule has 52 heavy (non-hydrogen) atoms. The fraction of sp³-hybridized carbons (Fsp3) is 0.625. The Labute approximate surface area is 312 Å². The summed E-state index contributed by atoms with van der Waals surface area (Å²) in [6.45, 7) is 2.28. The maximum Gasteiger partial charge on any atom is 0.472 e. The number of carbonyl (C=O) groups excluding carboxylic acids is 2. The molecule has 0 saturated carbocycles. The number of phosphoric ester groups is 1. The van der Waals surface area contributed by atoms with Gasteiger partial charge in [-0.2, -0.15) is 0 Å². The molecule has 0 aromatic heterocycles. The molecule has 0 aromatic carbocycles. The van der Waals surface area contributed by atoms with E-state index in [1.807, 2.05) is 0 Å². The molecule has 0 bridgehead atoms. The summed E-state index contributed by atoms with van der Waals surface area (Å²) in [4.78, 5) is 45.7. The van der Waals surface area contributed by atoms with Crippen LogP contribution in [0.3, 0.4) is 0 Å². The van der Waals surface area contributed by atoms with Gasteiger partial charge in [0, 0.05) is 12.8 Å². The zero-order chi connectivity index (χ0) is 38.5. The van der Waals surface area contributed by atoms with Gasteiger partial charge in [-0.25, -0.2) is 9.36 Å². The molecule has 0 aromatic rings. The van der Waals surface area contributed by atoms with Crippen LogP contribution < -0.4 is 5.32 Å². The first kappa shape index (κ1) is 48.9. The minimum Gasteiger partial charge on any atom is -0.480 e. The van der Waals surface area contributed by atoms with Crippen molar-refractivity contribution in [1.29, 1.82) is 0 Å². The molecule has 3 unspecified atom stereocenters. The molecule has 0 aliphatic carbocycles. The maximum atomic E-state index is 12.2. The van der Waals surface area contributed by atoms with Gasteiger partial charge in [-0.3, -0.25) is 18.6 Å². The molecule has 3 atom stereocenters. The molecule has 296 valence electrons. The van der Waals surface area contributed by atoms with Crippen molar-refractivity contribution in [3.8, 4) is 0 Å². The highest BCUT2D eigenvalue weighted by atomic mass is 31.2. The number of aliphatic carboxylic acids is 1. The first-order valence-electron chi connectivity index (χ1n) is 19.0. The van der Waals surface area contributed by atoms with E-state index >= 15 is 0 Å². The summed E-state index contributed by atoms with van der Waals surface area (Å²) in [5.74, 6) is -2.45. The third-order valence-electron chi connectivity index (χ3n) is 7.49. The number of unbranched alkanes of at least 4 members (excludes halogenated alkanes) is 8. The van der Waals surface area contributed by atoms with E-state index in [0.717, 1.165) is 89.9 Å². The number of ether oxygens (including phenoxy) is 1. The van der Waals surface area contributed by atoms with Crippen LogP contribution in [0.15, 0.2) is 72.9 Å². The summed E-state index contributed by atoms with van der Waals surface area (Å²) in [5, 5.41) is 21.7. The average molecular weight is 752 g/mol. The van der Waals surface area contributed by atoms with Gasteiger partial charge in [-0.05, 0) is 77.0 Å². The third-order valence-corrected chi connectivity index (χ3v) is 8.44. The Morgan fingerprint density at radius 1 is 0.615 bits per heavy atom. The van der Waals surface area contributed by atoms with Crippen LogP contribution in [0.5, 0.6) is 0 Å². The monoisotopic (exact) mass is 751 g/mol. The lowest BCUT2D eigenvalue weighted by atomic mass is 10.1. The number of carboxylic acid groups (broad SMARTS) is 1. The number of nitrogens with one attached hydrogen (secondary N) is 1. The quantitative estimate of drug-likeness (QED) is 0.0216. The molecule has 1 amide bonds. The van der Waals surface area contributed by atoms with Gasteiger partial charge in [0.2, 0.25) is 5.91 Å². The minimum absolute atomic E-state index is 0.105. The zero-order valence-electron chi connectivity index (χ0n) is 31.6. The van der Waals surface area contributed by atoms with Crippen LogP contribution in [0.25, 0.3) is 0 Å². The highest BCUT2D eigenvalue weighted by Crippen LogP contribution is 2.43. The van der Waals surface area contributed by atoms with E-state index < -0.39 is 57.6 Å². The Bertz CT molecular complexity index is 1160. The van der Waals surface area contributed by atoms with Gasteiger partial charge in [0.25, 0.3) is 0 Å². The lowest BCUT2D eigenvalue weighted by molar-refractivity contribution is -0.147. The van der Waals surface area contributed by atoms with Gasteiger partial charge in [0.15, 0.2) is 6.04 Å². The van der Waals surface area contributed by atoms with Crippen molar-refractivity contribution in [3.05, 3.63) is 72.9 Å². The van der Waals surface area contributed by atoms with Crippen molar-refractivity contribution < 1.29 is 47.8 Å². The molecular weight excluding hydrogens is 685 g/mol. The first-order valence-corrected chi connectivity index (χ1v) is 20.5. The van der Waals surface area contributed by atoms with E-state index in [-0.39, 0.29) is 12.8 Å². The van der Waals surface area contributed by atoms with Crippen LogP contribution in [-0.4, -0.2) is 64.9 Å². The standard InChI is InChI=1S/C40H66NO10P/c1-3-5-7-9-11-13-15-17-18-20-22-24-26-28-30-32-39(44)49-33-36(42)34-50-52(47,48)51-35-37(40(45)46)41-38(43)31-29-27-25-23-21-19-16-14-12-10-8-6-4-2/h5-8,11-14,17-19,21,36-37,42H,3-4,9-10,15-16,20,22-35H2,1-2H3,(H,41,43)(H,45,46)(H,47,48)/b7-5-,8-6-,13-11-,14-12-,18-17-,21-19-. The van der Waals surface area contributed by atoms with E-state index in [2.05, 4.69) is 92.1 Å². The van der Waals surface area contributed by atoms with Gasteiger partial charge >= 0.3 is 19.8 Å². The van der Waals surface area contributed by atoms with Crippen molar-refractivity contribution in [1.82, 2.24) is 5.32 Å². The molecule has 0 spiro atoms. The fourth-order valence-electron chi connectivity index (χ4n) is 4.58. The Morgan fingerprint density at radius 3 is 1.60 bits per heavy atom. The van der Waals surface area contributed by atoms with Gasteiger partial charge < -0.3 is 25.2 Å². The molecule has 0 heterocycles. The van der Waals surface area contributed by atoms with E-state index in [0.29, 0.717) is 12.8 Å². The van der Waals surface area contributed by atoms with Crippen LogP contribution in [-0.2, 0) is 32.7 Å². The van der Waals surface area contributed by atoms with Gasteiger partial charge in [0.1, 0.15) is 12.7 Å². The van der Waals surface area contributed by atoms with E-state index in [9.17, 15) is 34.1 Å². The summed E-state index contributed by atoms with van der Waals surface area (Å²) in [7, 11) is -4.77. The Kier molecular flexibility index (Phi) is 32.9. The number of carboxylic acids is 1. The molecule has 12 heteroatoms. The Balaban J connectivity index is 4.04. The van der Waals surface area contributed by atoms with E-state index in [1.54, 1.807) is 0 Å². The van der Waals surface area contributed by atoms with E-state index in [1.165, 1.54) is 0 Å². The first-order chi connectivity index (χ1) is 25.1. The average Bonchev–Trinajstić information content (AvgIpc) is 3.11. The number of allylic oxidation sites excluding steroid dienone is 12. The maximum absolute atomic E-state index is 12.2. The number of carbonyl (C=O) groups is 3. The number of hydrogen-bond acceptors (Lipinski definition) is 8. The summed E-state index contributed by atoms with van der Waals surface area (Å²) in [6, 6.07) is -1.57. The number of rotatable bonds is 34. The van der Waals surface area contributed by atoms with Crippen LogP contribution >= 0.6 is 7.82 Å². The fourth-order valence-corrected chi connectivity index (χ4v) is 5.35. The molecule has 0 saturated heterocycles. The molecular formula is C40H66NO10P. The smallest absolute Gasteiger partial charge is 0.472 e. The predicted molar refractivity (Wildman–Crippen MR) is 208 cm³/mol. The summed E-state index contributed by atoms with van der Waals surface area (Å²) in [5.41, 5.74) is 0. The van der Waals surface area contributed by atoms with Gasteiger partial charge in [-0.1, -0.05) is 112 Å². The highest BCUT2D eigenvalue weighted by Gasteiger charge is 2.28. The molecule has 0 aliphatic heterocycles. The second-order valence-electron chi connectivity index (χ2n) is 12.3. The Hall–Kier alpha value is -3.08. The second kappa shape index (κ2) is 35.0. The molecule has 0 rings (SSSR count). The summed E-state index contributed by atoms with van der Waals surface area (Å²) >= 11 is 0. The van der Waals surface area contributed by atoms with Crippen molar-refractivity contribution in [2.45, 2.75) is 142 Å². The third kappa shape index (κ3) is 34.0. The van der Waals surface area contributed by atoms with Crippen molar-refractivity contribution in [2.24, 2.45) is 0 Å². The highest BCUT2D eigenvalue weighted by molar-refractivity contribution is 7.47. The zero-order valence-corrected chi connectivity index (χ0v) is 32.5. The lowest BCUT2D eigenvalue weighted by Crippen LogP contribution is -2.43. The van der Waals surface area contributed by atoms with E-state index in [4.69, 9.17) is 13.8 Å². The number of aliphatic hydroxyl groups is 1. The molecule has 0 aliphatic rings. The SMILES string of the molecule is CC/C=C\C/C=C\C/C=C\CCCCCCCC(=O)OCC(O)COP(=O)(O)OCC(NC(=O)CCCCC/C=C\C/C=C\C/C=C\CC)C(=O)O. The van der Waals surface area contributed by atoms with Crippen LogP contribution in [0.2, 0.25) is 0 Å². The second-order valence-corrected chi connectivity index (χ2v) is 13.8. The predicted octanol–water partition coefficient (Wildman–Crippen LogP) is 8.99. The largest absolute Gasteiger partial charge is 0.480 e. The minimum atomic E-state index is -4.77. The van der Waals surface area contributed by atoms with Gasteiger partial charge in [0.05, 0.1) is 13.2 Å². The van der Waals surface area contributed by atoms with Crippen molar-refractivity contribution >= 4 is 25.7 Å². The van der Waals surface area contributed by atoms with Crippen molar-refractivity contribution in [2.75, 3.05) is 19.8 Å². The molecule has 0 fully saturated rings. The number of phosphoric acid groups is 1. The number of aliphatic hydroxyl groups excluding tert-OH is 1. The lowest BCUT2D eigenvalue weighted by Gasteiger charge is -2.18. The Morgan fingerprint density at radius 2 is 1.06 bits per heavy atom. The molecule has 11 nitrogen and oxygen atoms in total. The molecule has 0 radical (unpaired) electrons. The summed E-state index contributed by atoms with van der Waals surface area (Å²) < 4.78 is 26.7. The van der Waals surface area contributed by atoms with Crippen LogP contribution in [0, 0.1) is 0 Å². The van der Waals surface area contributed by atoms with Crippen molar-refractivity contribution in [3.63, 3.8) is 0 Å². The number of hydrogen-bond donors (Lipinski definition) is 4. The number of amides is 1. The molecule has 4 N–H and O–H groups in total. The van der Waals surface area contributed by atoms with Gasteiger partial charge in [-0.15, -0.1) is 0 Å². The summed E-state index contributed by atoms with van der Waals surface area (Å²) in [6.07, 6.45) is 39.4. The normalized spacial score (nSPS) is 14.7. The number of esters is 1. The topological polar surface area (TPSA) is 169 Å². The van der Waals surface area contributed by atoms with Crippen LogP contribution in [0.1, 0.15) is 129 Å². The van der Waals surface area contributed by atoms with Crippen LogP contribution in [0.4, 0.5) is 0 Å².